The summed E-state index contributed by atoms with van der Waals surface area (Å²) in [6, 6.07) is 7.38. The number of aromatic nitrogens is 2. The fraction of sp³-hybridized carbons (Fsp3) is 0.444. The van der Waals surface area contributed by atoms with Gasteiger partial charge in [-0.2, -0.15) is 0 Å². The summed E-state index contributed by atoms with van der Waals surface area (Å²) in [7, 11) is 0. The lowest BCUT2D eigenvalue weighted by molar-refractivity contribution is -0.127. The summed E-state index contributed by atoms with van der Waals surface area (Å²) in [6.45, 7) is 7.71. The van der Waals surface area contributed by atoms with E-state index in [1.54, 1.807) is 6.92 Å². The lowest BCUT2D eigenvalue weighted by Gasteiger charge is -2.22. The van der Waals surface area contributed by atoms with Crippen molar-refractivity contribution < 1.29 is 9.59 Å². The van der Waals surface area contributed by atoms with Gasteiger partial charge in [-0.05, 0) is 18.9 Å². The molecule has 0 saturated heterocycles. The van der Waals surface area contributed by atoms with E-state index in [1.165, 1.54) is 11.3 Å². The molecule has 2 N–H and O–H groups in total. The van der Waals surface area contributed by atoms with Crippen LogP contribution in [-0.4, -0.2) is 28.1 Å². The van der Waals surface area contributed by atoms with Crippen molar-refractivity contribution in [2.45, 2.75) is 46.6 Å². The van der Waals surface area contributed by atoms with E-state index in [0.29, 0.717) is 11.6 Å². The van der Waals surface area contributed by atoms with Crippen LogP contribution in [0, 0.1) is 12.8 Å². The molecule has 1 aromatic heterocycles. The summed E-state index contributed by atoms with van der Waals surface area (Å²) in [5.74, 6) is -0.374. The van der Waals surface area contributed by atoms with Crippen LogP contribution in [0.4, 0.5) is 5.13 Å². The average molecular weight is 360 g/mol. The Bertz CT molecular complexity index is 744. The lowest BCUT2D eigenvalue weighted by atomic mass is 9.98. The Kier molecular flexibility index (Phi) is 6.64. The number of rotatable bonds is 7. The number of anilines is 1. The van der Waals surface area contributed by atoms with Crippen LogP contribution >= 0.6 is 11.3 Å². The van der Waals surface area contributed by atoms with Gasteiger partial charge in [-0.3, -0.25) is 14.9 Å². The molecule has 134 valence electrons. The van der Waals surface area contributed by atoms with Crippen molar-refractivity contribution in [2.24, 2.45) is 5.92 Å². The van der Waals surface area contributed by atoms with E-state index in [-0.39, 0.29) is 17.7 Å². The molecule has 0 saturated carbocycles. The van der Waals surface area contributed by atoms with Crippen LogP contribution in [0.2, 0.25) is 0 Å². The first-order chi connectivity index (χ1) is 11.9. The molecule has 0 aliphatic carbocycles. The first-order valence-electron chi connectivity index (χ1n) is 8.45. The van der Waals surface area contributed by atoms with Crippen molar-refractivity contribution in [1.82, 2.24) is 15.5 Å². The number of amides is 2. The third-order valence-corrected chi connectivity index (χ3v) is 4.94. The highest BCUT2D eigenvalue weighted by atomic mass is 32.1. The molecule has 6 nitrogen and oxygen atoms in total. The Morgan fingerprint density at radius 2 is 2.00 bits per heavy atom. The molecule has 1 aromatic carbocycles. The molecule has 0 radical (unpaired) electrons. The highest BCUT2D eigenvalue weighted by Crippen LogP contribution is 2.27. The van der Waals surface area contributed by atoms with Gasteiger partial charge in [0.2, 0.25) is 16.9 Å². The van der Waals surface area contributed by atoms with E-state index in [1.807, 2.05) is 45.0 Å². The molecule has 7 heteroatoms. The van der Waals surface area contributed by atoms with Crippen LogP contribution in [0.25, 0.3) is 10.6 Å². The van der Waals surface area contributed by atoms with Gasteiger partial charge in [-0.25, -0.2) is 0 Å². The molecular weight excluding hydrogens is 336 g/mol. The Morgan fingerprint density at radius 3 is 2.64 bits per heavy atom. The third kappa shape index (κ3) is 5.09. The fourth-order valence-corrected chi connectivity index (χ4v) is 3.07. The van der Waals surface area contributed by atoms with Gasteiger partial charge >= 0.3 is 0 Å². The van der Waals surface area contributed by atoms with Gasteiger partial charge in [-0.1, -0.05) is 62.3 Å². The molecule has 2 amide bonds. The summed E-state index contributed by atoms with van der Waals surface area (Å²) in [6.07, 6.45) is 1.13. The average Bonchev–Trinajstić information content (AvgIpc) is 3.07. The van der Waals surface area contributed by atoms with E-state index < -0.39 is 6.04 Å². The molecule has 25 heavy (non-hydrogen) atoms. The van der Waals surface area contributed by atoms with Crippen LogP contribution in [0.15, 0.2) is 24.3 Å². The Labute approximate surface area is 152 Å². The number of nitrogens with one attached hydrogen (secondary N) is 2. The number of hydrogen-bond donors (Lipinski definition) is 2. The third-order valence-electron chi connectivity index (χ3n) is 4.05. The Hall–Kier alpha value is -2.28. The SMILES string of the molecule is CCC(=O)NC(C(=O)Nc1nnc(-c2cccc(C)c2)s1)C(C)CC. The van der Waals surface area contributed by atoms with Crippen molar-refractivity contribution in [3.8, 4) is 10.6 Å². The second-order valence-corrected chi connectivity index (χ2v) is 7.03. The highest BCUT2D eigenvalue weighted by molar-refractivity contribution is 7.18. The summed E-state index contributed by atoms with van der Waals surface area (Å²) >= 11 is 1.32. The largest absolute Gasteiger partial charge is 0.344 e. The molecular formula is C18H24N4O2S. The van der Waals surface area contributed by atoms with E-state index >= 15 is 0 Å². The first-order valence-corrected chi connectivity index (χ1v) is 9.27. The fourth-order valence-electron chi connectivity index (χ4n) is 2.33. The quantitative estimate of drug-likeness (QED) is 0.793. The van der Waals surface area contributed by atoms with Crippen LogP contribution in [0.5, 0.6) is 0 Å². The minimum Gasteiger partial charge on any atom is -0.344 e. The number of hydrogen-bond acceptors (Lipinski definition) is 5. The van der Waals surface area contributed by atoms with E-state index in [4.69, 9.17) is 0 Å². The zero-order valence-corrected chi connectivity index (χ0v) is 15.8. The molecule has 0 bridgehead atoms. The zero-order valence-electron chi connectivity index (χ0n) is 15.0. The summed E-state index contributed by atoms with van der Waals surface area (Å²) in [4.78, 5) is 24.3. The standard InChI is InChI=1S/C18H24N4O2S/c1-5-12(4)15(19-14(23)6-2)16(24)20-18-22-21-17(25-18)13-9-7-8-11(3)10-13/h7-10,12,15H,5-6H2,1-4H3,(H,19,23)(H,20,22,24). The molecule has 0 aliphatic rings. The van der Waals surface area contributed by atoms with Crippen molar-refractivity contribution in [1.29, 1.82) is 0 Å². The van der Waals surface area contributed by atoms with Crippen molar-refractivity contribution in [2.75, 3.05) is 5.32 Å². The first kappa shape index (κ1) is 19.1. The maximum absolute atomic E-state index is 12.6. The predicted octanol–water partition coefficient (Wildman–Crippen LogP) is 3.39. The minimum atomic E-state index is -0.580. The van der Waals surface area contributed by atoms with Gasteiger partial charge in [-0.15, -0.1) is 10.2 Å². The van der Waals surface area contributed by atoms with Gasteiger partial charge in [0, 0.05) is 12.0 Å². The number of carbonyl (C=O) groups excluding carboxylic acids is 2. The van der Waals surface area contributed by atoms with E-state index in [9.17, 15) is 9.59 Å². The summed E-state index contributed by atoms with van der Waals surface area (Å²) in [5, 5.41) is 15.0. The molecule has 0 spiro atoms. The Morgan fingerprint density at radius 1 is 1.24 bits per heavy atom. The van der Waals surface area contributed by atoms with Gasteiger partial charge in [0.05, 0.1) is 0 Å². The zero-order chi connectivity index (χ0) is 18.4. The summed E-state index contributed by atoms with van der Waals surface area (Å²) < 4.78 is 0. The maximum atomic E-state index is 12.6. The van der Waals surface area contributed by atoms with Crippen LogP contribution in [-0.2, 0) is 9.59 Å². The molecule has 2 unspecified atom stereocenters. The topological polar surface area (TPSA) is 84.0 Å². The molecule has 1 heterocycles. The van der Waals surface area contributed by atoms with Crippen molar-refractivity contribution >= 4 is 28.3 Å². The number of nitrogens with zero attached hydrogens (tertiary/aromatic N) is 2. The normalized spacial score (nSPS) is 13.1. The Balaban J connectivity index is 2.12. The van der Waals surface area contributed by atoms with Crippen LogP contribution < -0.4 is 10.6 Å². The molecule has 2 atom stereocenters. The van der Waals surface area contributed by atoms with Crippen molar-refractivity contribution in [3.63, 3.8) is 0 Å². The van der Waals surface area contributed by atoms with E-state index in [2.05, 4.69) is 20.8 Å². The van der Waals surface area contributed by atoms with Gasteiger partial charge in [0.1, 0.15) is 11.0 Å². The summed E-state index contributed by atoms with van der Waals surface area (Å²) in [5.41, 5.74) is 2.10. The molecule has 0 aliphatic heterocycles. The minimum absolute atomic E-state index is 0.0275. The second kappa shape index (κ2) is 8.71. The van der Waals surface area contributed by atoms with Gasteiger partial charge in [0.25, 0.3) is 0 Å². The van der Waals surface area contributed by atoms with Crippen LogP contribution in [0.3, 0.4) is 0 Å². The molecule has 2 rings (SSSR count). The lowest BCUT2D eigenvalue weighted by Crippen LogP contribution is -2.47. The highest BCUT2D eigenvalue weighted by Gasteiger charge is 2.26. The molecule has 2 aromatic rings. The number of aryl methyl sites for hydroxylation is 1. The number of carbonyl (C=O) groups is 2. The number of benzene rings is 1. The monoisotopic (exact) mass is 360 g/mol. The molecule has 0 fully saturated rings. The van der Waals surface area contributed by atoms with E-state index in [0.717, 1.165) is 22.6 Å². The second-order valence-electron chi connectivity index (χ2n) is 6.06. The van der Waals surface area contributed by atoms with Crippen molar-refractivity contribution in [3.05, 3.63) is 29.8 Å². The predicted molar refractivity (Wildman–Crippen MR) is 100 cm³/mol. The smallest absolute Gasteiger partial charge is 0.249 e. The van der Waals surface area contributed by atoms with Crippen LogP contribution in [0.1, 0.15) is 39.2 Å². The maximum Gasteiger partial charge on any atom is 0.249 e. The van der Waals surface area contributed by atoms with Gasteiger partial charge < -0.3 is 5.32 Å². The van der Waals surface area contributed by atoms with Gasteiger partial charge in [0.15, 0.2) is 0 Å².